The Labute approximate surface area is 113 Å². The second-order valence-corrected chi connectivity index (χ2v) is 5.15. The van der Waals surface area contributed by atoms with Crippen LogP contribution in [0.3, 0.4) is 0 Å². The Kier molecular flexibility index (Phi) is 3.25. The van der Waals surface area contributed by atoms with E-state index in [4.69, 9.17) is 4.74 Å². The van der Waals surface area contributed by atoms with E-state index in [1.54, 1.807) is 0 Å². The molecular weight excluding hydrogens is 238 g/mol. The van der Waals surface area contributed by atoms with Gasteiger partial charge in [-0.2, -0.15) is 0 Å². The fraction of sp³-hybridized carbons (Fsp3) is 0.400. The number of ether oxygens (including phenoxy) is 1. The first-order valence-electron chi connectivity index (χ1n) is 6.65. The SMILES string of the molecule is CN(C)CCN1CCOc2cc3cccnc3cc21. The molecule has 4 nitrogen and oxygen atoms in total. The number of anilines is 1. The molecule has 3 rings (SSSR count). The quantitative estimate of drug-likeness (QED) is 0.841. The highest BCUT2D eigenvalue weighted by molar-refractivity contribution is 5.86. The zero-order valence-corrected chi connectivity index (χ0v) is 11.5. The minimum atomic E-state index is 0.756. The third kappa shape index (κ3) is 2.49. The number of hydrogen-bond acceptors (Lipinski definition) is 4. The number of nitrogens with zero attached hydrogens (tertiary/aromatic N) is 3. The molecule has 2 heterocycles. The summed E-state index contributed by atoms with van der Waals surface area (Å²) in [6, 6.07) is 8.27. The van der Waals surface area contributed by atoms with E-state index in [-0.39, 0.29) is 0 Å². The highest BCUT2D eigenvalue weighted by Gasteiger charge is 2.18. The normalized spacial score (nSPS) is 14.6. The lowest BCUT2D eigenvalue weighted by molar-refractivity contribution is 0.303. The van der Waals surface area contributed by atoms with Crippen molar-refractivity contribution in [3.63, 3.8) is 0 Å². The van der Waals surface area contributed by atoms with Gasteiger partial charge in [-0.25, -0.2) is 0 Å². The number of pyridine rings is 1. The van der Waals surface area contributed by atoms with Crippen molar-refractivity contribution in [3.05, 3.63) is 30.5 Å². The fourth-order valence-electron chi connectivity index (χ4n) is 2.39. The predicted molar refractivity (Wildman–Crippen MR) is 78.0 cm³/mol. The Morgan fingerprint density at radius 3 is 3.11 bits per heavy atom. The van der Waals surface area contributed by atoms with E-state index in [2.05, 4.69) is 47.1 Å². The minimum Gasteiger partial charge on any atom is -0.490 e. The van der Waals surface area contributed by atoms with Crippen molar-refractivity contribution in [2.75, 3.05) is 45.2 Å². The number of rotatable bonds is 3. The summed E-state index contributed by atoms with van der Waals surface area (Å²) in [4.78, 5) is 9.01. The number of likely N-dealkylation sites (N-methyl/N-ethyl adjacent to an activating group) is 1. The van der Waals surface area contributed by atoms with Crippen LogP contribution in [0.2, 0.25) is 0 Å². The molecule has 0 saturated carbocycles. The van der Waals surface area contributed by atoms with Crippen LogP contribution in [-0.2, 0) is 0 Å². The smallest absolute Gasteiger partial charge is 0.143 e. The van der Waals surface area contributed by atoms with Gasteiger partial charge < -0.3 is 14.5 Å². The standard InChI is InChI=1S/C15H19N3O/c1-17(2)6-7-18-8-9-19-15-10-12-4-3-5-16-13(12)11-14(15)18/h3-5,10-11H,6-9H2,1-2H3. The molecule has 19 heavy (non-hydrogen) atoms. The minimum absolute atomic E-state index is 0.756. The summed E-state index contributed by atoms with van der Waals surface area (Å²) in [7, 11) is 4.20. The van der Waals surface area contributed by atoms with Crippen LogP contribution in [0.25, 0.3) is 10.9 Å². The first kappa shape index (κ1) is 12.2. The lowest BCUT2D eigenvalue weighted by Crippen LogP contribution is -2.37. The highest BCUT2D eigenvalue weighted by atomic mass is 16.5. The van der Waals surface area contributed by atoms with E-state index < -0.39 is 0 Å². The summed E-state index contributed by atoms with van der Waals surface area (Å²) in [5, 5.41) is 1.13. The van der Waals surface area contributed by atoms with Gasteiger partial charge in [0, 0.05) is 24.7 Å². The van der Waals surface area contributed by atoms with E-state index in [0.29, 0.717) is 0 Å². The molecule has 1 aromatic heterocycles. The monoisotopic (exact) mass is 257 g/mol. The molecule has 0 amide bonds. The zero-order valence-electron chi connectivity index (χ0n) is 11.5. The van der Waals surface area contributed by atoms with Gasteiger partial charge in [0.05, 0.1) is 17.7 Å². The van der Waals surface area contributed by atoms with Gasteiger partial charge in [-0.3, -0.25) is 4.98 Å². The summed E-state index contributed by atoms with van der Waals surface area (Å²) >= 11 is 0. The molecule has 0 saturated heterocycles. The van der Waals surface area contributed by atoms with Crippen molar-refractivity contribution in [3.8, 4) is 5.75 Å². The summed E-state index contributed by atoms with van der Waals surface area (Å²) < 4.78 is 5.79. The van der Waals surface area contributed by atoms with Crippen LogP contribution in [0.15, 0.2) is 30.5 Å². The second kappa shape index (κ2) is 5.05. The lowest BCUT2D eigenvalue weighted by atomic mass is 10.1. The van der Waals surface area contributed by atoms with Crippen molar-refractivity contribution in [2.45, 2.75) is 0 Å². The maximum atomic E-state index is 5.79. The lowest BCUT2D eigenvalue weighted by Gasteiger charge is -2.32. The molecule has 1 aliphatic heterocycles. The van der Waals surface area contributed by atoms with Crippen LogP contribution < -0.4 is 9.64 Å². The molecule has 0 atom stereocenters. The number of benzene rings is 1. The average molecular weight is 257 g/mol. The average Bonchev–Trinajstić information content (AvgIpc) is 2.42. The van der Waals surface area contributed by atoms with Gasteiger partial charge in [0.2, 0.25) is 0 Å². The predicted octanol–water partition coefficient (Wildman–Crippen LogP) is 2.00. The Morgan fingerprint density at radius 2 is 2.26 bits per heavy atom. The van der Waals surface area contributed by atoms with Gasteiger partial charge in [-0.05, 0) is 32.3 Å². The van der Waals surface area contributed by atoms with E-state index in [1.807, 2.05) is 12.3 Å². The molecule has 0 fully saturated rings. The Bertz CT molecular complexity index is 583. The van der Waals surface area contributed by atoms with Gasteiger partial charge >= 0.3 is 0 Å². The highest BCUT2D eigenvalue weighted by Crippen LogP contribution is 2.34. The molecule has 0 unspecified atom stereocenters. The molecule has 100 valence electrons. The third-order valence-electron chi connectivity index (χ3n) is 3.46. The Balaban J connectivity index is 1.96. The molecule has 1 aromatic carbocycles. The van der Waals surface area contributed by atoms with E-state index in [0.717, 1.165) is 42.9 Å². The Hall–Kier alpha value is -1.81. The van der Waals surface area contributed by atoms with Crippen LogP contribution in [0.4, 0.5) is 5.69 Å². The van der Waals surface area contributed by atoms with E-state index in [1.165, 1.54) is 5.69 Å². The molecule has 0 radical (unpaired) electrons. The summed E-state index contributed by atoms with van der Waals surface area (Å²) in [6.07, 6.45) is 1.84. The maximum absolute atomic E-state index is 5.79. The summed E-state index contributed by atoms with van der Waals surface area (Å²) in [5.41, 5.74) is 2.20. The van der Waals surface area contributed by atoms with Crippen LogP contribution in [0, 0.1) is 0 Å². The van der Waals surface area contributed by atoms with E-state index in [9.17, 15) is 0 Å². The number of hydrogen-bond donors (Lipinski definition) is 0. The topological polar surface area (TPSA) is 28.6 Å². The van der Waals surface area contributed by atoms with Crippen molar-refractivity contribution in [2.24, 2.45) is 0 Å². The van der Waals surface area contributed by atoms with Gasteiger partial charge in [-0.1, -0.05) is 6.07 Å². The summed E-state index contributed by atoms with van der Waals surface area (Å²) in [5.74, 6) is 0.977. The van der Waals surface area contributed by atoms with Gasteiger partial charge in [-0.15, -0.1) is 0 Å². The Morgan fingerprint density at radius 1 is 1.37 bits per heavy atom. The van der Waals surface area contributed by atoms with Crippen molar-refractivity contribution < 1.29 is 4.74 Å². The zero-order chi connectivity index (χ0) is 13.2. The first-order valence-corrected chi connectivity index (χ1v) is 6.65. The van der Waals surface area contributed by atoms with Crippen LogP contribution in [-0.4, -0.2) is 50.2 Å². The molecule has 0 aliphatic carbocycles. The van der Waals surface area contributed by atoms with Crippen LogP contribution in [0.1, 0.15) is 0 Å². The van der Waals surface area contributed by atoms with Crippen molar-refractivity contribution in [1.29, 1.82) is 0 Å². The van der Waals surface area contributed by atoms with E-state index >= 15 is 0 Å². The maximum Gasteiger partial charge on any atom is 0.143 e. The van der Waals surface area contributed by atoms with Gasteiger partial charge in [0.1, 0.15) is 12.4 Å². The third-order valence-corrected chi connectivity index (χ3v) is 3.46. The second-order valence-electron chi connectivity index (χ2n) is 5.15. The van der Waals surface area contributed by atoms with Crippen molar-refractivity contribution >= 4 is 16.6 Å². The molecular formula is C15H19N3O. The summed E-state index contributed by atoms with van der Waals surface area (Å²) in [6.45, 7) is 3.76. The molecule has 0 spiro atoms. The van der Waals surface area contributed by atoms with Crippen LogP contribution in [0.5, 0.6) is 5.75 Å². The molecule has 4 heteroatoms. The molecule has 0 N–H and O–H groups in total. The fourth-order valence-corrected chi connectivity index (χ4v) is 2.39. The molecule has 1 aliphatic rings. The van der Waals surface area contributed by atoms with Gasteiger partial charge in [0.25, 0.3) is 0 Å². The van der Waals surface area contributed by atoms with Crippen LogP contribution >= 0.6 is 0 Å². The molecule has 0 bridgehead atoms. The first-order chi connectivity index (χ1) is 9.24. The van der Waals surface area contributed by atoms with Gasteiger partial charge in [0.15, 0.2) is 0 Å². The van der Waals surface area contributed by atoms with Crippen molar-refractivity contribution in [1.82, 2.24) is 9.88 Å². The number of aromatic nitrogens is 1. The largest absolute Gasteiger partial charge is 0.490 e. The molecule has 2 aromatic rings. The number of fused-ring (bicyclic) bond motifs is 2.